The molecule has 3 nitrogen and oxygen atoms in total. The highest BCUT2D eigenvalue weighted by Gasteiger charge is 2.17. The van der Waals surface area contributed by atoms with Crippen LogP contribution >= 0.6 is 0 Å². The maximum Gasteiger partial charge on any atom is 0.0897 e. The first-order valence-electron chi connectivity index (χ1n) is 3.13. The minimum atomic E-state index is 0.781. The highest BCUT2D eigenvalue weighted by Crippen LogP contribution is 1.88. The second-order valence-corrected chi connectivity index (χ2v) is 4.12. The van der Waals surface area contributed by atoms with Gasteiger partial charge in [0.2, 0.25) is 0 Å². The van der Waals surface area contributed by atoms with Gasteiger partial charge in [-0.2, -0.15) is 0 Å². The van der Waals surface area contributed by atoms with Gasteiger partial charge in [0.15, 0.2) is 0 Å². The topological polar surface area (TPSA) is 12.0 Å². The first-order valence-corrected chi connectivity index (χ1v) is 3.13. The summed E-state index contributed by atoms with van der Waals surface area (Å²) in [5, 5.41) is 0. The molecule has 3 heteroatoms. The lowest BCUT2D eigenvalue weighted by Gasteiger charge is -2.32. The molecule has 1 N–H and O–H groups in total. The van der Waals surface area contributed by atoms with Gasteiger partial charge in [0.1, 0.15) is 0 Å². The van der Waals surface area contributed by atoms with E-state index in [-0.39, 0.29) is 0 Å². The van der Waals surface area contributed by atoms with E-state index in [0.717, 1.165) is 9.18 Å². The third kappa shape index (κ3) is 7.88. The maximum atomic E-state index is 3.33. The van der Waals surface area contributed by atoms with Gasteiger partial charge in [-0.1, -0.05) is 0 Å². The van der Waals surface area contributed by atoms with E-state index >= 15 is 0 Å². The van der Waals surface area contributed by atoms with Crippen molar-refractivity contribution in [1.82, 2.24) is 5.53 Å². The normalized spacial score (nSPS) is 14.0. The van der Waals surface area contributed by atoms with Crippen LogP contribution in [-0.4, -0.2) is 51.5 Å². The number of quaternary nitrogens is 2. The van der Waals surface area contributed by atoms with Crippen LogP contribution in [0.4, 0.5) is 0 Å². The summed E-state index contributed by atoms with van der Waals surface area (Å²) >= 11 is 0. The summed E-state index contributed by atoms with van der Waals surface area (Å²) in [4.78, 5) is 0. The molecule has 0 saturated heterocycles. The average molecular weight is 133 g/mol. The van der Waals surface area contributed by atoms with Crippen LogP contribution in [0.3, 0.4) is 0 Å². The SMILES string of the molecule is C[N+](C)(C)N[N+](C)(C)C. The molecule has 0 rings (SSSR count). The maximum absolute atomic E-state index is 3.33. The van der Waals surface area contributed by atoms with Crippen molar-refractivity contribution in [3.8, 4) is 0 Å². The van der Waals surface area contributed by atoms with E-state index in [9.17, 15) is 0 Å². The van der Waals surface area contributed by atoms with E-state index in [4.69, 9.17) is 0 Å². The Morgan fingerprint density at radius 1 is 0.667 bits per heavy atom. The molecular weight excluding hydrogens is 114 g/mol. The second kappa shape index (κ2) is 2.25. The van der Waals surface area contributed by atoms with Crippen molar-refractivity contribution in [1.29, 1.82) is 0 Å². The van der Waals surface area contributed by atoms with E-state index in [1.807, 2.05) is 0 Å². The molecule has 0 aliphatic carbocycles. The summed E-state index contributed by atoms with van der Waals surface area (Å²) in [5.41, 5.74) is 3.33. The quantitative estimate of drug-likeness (QED) is 0.407. The van der Waals surface area contributed by atoms with Gasteiger partial charge < -0.3 is 0 Å². The molecule has 0 fully saturated rings. The van der Waals surface area contributed by atoms with Crippen molar-refractivity contribution in [2.45, 2.75) is 0 Å². The molecule has 56 valence electrons. The molecule has 0 radical (unpaired) electrons. The van der Waals surface area contributed by atoms with Crippen LogP contribution in [0.15, 0.2) is 0 Å². The van der Waals surface area contributed by atoms with Crippen molar-refractivity contribution in [2.24, 2.45) is 0 Å². The highest BCUT2D eigenvalue weighted by atomic mass is 15.9. The largest absolute Gasteiger partial charge is 0.209 e. The lowest BCUT2D eigenvalue weighted by molar-refractivity contribution is -1.12. The van der Waals surface area contributed by atoms with Crippen LogP contribution in [-0.2, 0) is 0 Å². The van der Waals surface area contributed by atoms with Crippen LogP contribution < -0.4 is 5.53 Å². The Bertz CT molecular complexity index is 73.5. The Kier molecular flexibility index (Phi) is 2.22. The van der Waals surface area contributed by atoms with Gasteiger partial charge in [-0.3, -0.25) is 0 Å². The Labute approximate surface area is 58.0 Å². The van der Waals surface area contributed by atoms with Crippen molar-refractivity contribution in [3.05, 3.63) is 0 Å². The predicted molar refractivity (Wildman–Crippen MR) is 39.2 cm³/mol. The minimum absolute atomic E-state index is 0.781. The van der Waals surface area contributed by atoms with Gasteiger partial charge in [0.05, 0.1) is 42.3 Å². The summed E-state index contributed by atoms with van der Waals surface area (Å²) in [6.45, 7) is 0. The van der Waals surface area contributed by atoms with Crippen molar-refractivity contribution in [3.63, 3.8) is 0 Å². The summed E-state index contributed by atoms with van der Waals surface area (Å²) < 4.78 is 1.56. The minimum Gasteiger partial charge on any atom is -0.209 e. The Morgan fingerprint density at radius 2 is 0.889 bits per heavy atom. The first-order chi connectivity index (χ1) is 3.71. The lowest BCUT2D eigenvalue weighted by atomic mass is 10.8. The fraction of sp³-hybridized carbons (Fsp3) is 1.00. The Balaban J connectivity index is 3.75. The molecule has 0 amide bonds. The zero-order valence-corrected chi connectivity index (χ0v) is 7.39. The van der Waals surface area contributed by atoms with Gasteiger partial charge in [-0.15, -0.1) is 0 Å². The molecule has 0 spiro atoms. The highest BCUT2D eigenvalue weighted by molar-refractivity contribution is 3.94. The zero-order chi connectivity index (χ0) is 7.71. The molecule has 0 saturated carbocycles. The molecule has 0 aromatic carbocycles. The summed E-state index contributed by atoms with van der Waals surface area (Å²) in [7, 11) is 12.6. The molecule has 0 unspecified atom stereocenters. The first kappa shape index (κ1) is 8.88. The Hall–Kier alpha value is -0.120. The molecule has 0 aromatic rings. The van der Waals surface area contributed by atoms with Crippen LogP contribution in [0.25, 0.3) is 0 Å². The van der Waals surface area contributed by atoms with Gasteiger partial charge in [0, 0.05) is 0 Å². The molecule has 0 aromatic heterocycles. The van der Waals surface area contributed by atoms with Gasteiger partial charge in [-0.25, -0.2) is 9.18 Å². The molecule has 0 atom stereocenters. The van der Waals surface area contributed by atoms with Crippen molar-refractivity contribution >= 4 is 0 Å². The summed E-state index contributed by atoms with van der Waals surface area (Å²) in [6, 6.07) is 0. The fourth-order valence-electron chi connectivity index (χ4n) is 0.900. The van der Waals surface area contributed by atoms with Gasteiger partial charge in [0.25, 0.3) is 0 Å². The summed E-state index contributed by atoms with van der Waals surface area (Å²) in [6.07, 6.45) is 0. The van der Waals surface area contributed by atoms with Crippen LogP contribution in [0, 0.1) is 0 Å². The average Bonchev–Trinajstić information content (AvgIpc) is 1.14. The molecular formula is C6H19N3+2. The van der Waals surface area contributed by atoms with Crippen LogP contribution in [0.1, 0.15) is 0 Å². The van der Waals surface area contributed by atoms with Gasteiger partial charge >= 0.3 is 0 Å². The fourth-order valence-corrected chi connectivity index (χ4v) is 0.900. The van der Waals surface area contributed by atoms with Gasteiger partial charge in [-0.05, 0) is 5.53 Å². The number of nitrogens with zero attached hydrogens (tertiary/aromatic N) is 2. The van der Waals surface area contributed by atoms with E-state index in [1.165, 1.54) is 0 Å². The number of rotatable bonds is 2. The number of hydrogen-bond acceptors (Lipinski definition) is 1. The van der Waals surface area contributed by atoms with Crippen LogP contribution in [0.2, 0.25) is 0 Å². The molecule has 9 heavy (non-hydrogen) atoms. The lowest BCUT2D eigenvalue weighted by Crippen LogP contribution is -2.62. The predicted octanol–water partition coefficient (Wildman–Crippen LogP) is -0.182. The smallest absolute Gasteiger partial charge is 0.0897 e. The number of hydrogen-bond donors (Lipinski definition) is 1. The third-order valence-electron chi connectivity index (χ3n) is 0.600. The zero-order valence-electron chi connectivity index (χ0n) is 7.39. The van der Waals surface area contributed by atoms with Crippen molar-refractivity contribution < 1.29 is 9.18 Å². The van der Waals surface area contributed by atoms with E-state index in [1.54, 1.807) is 0 Å². The van der Waals surface area contributed by atoms with E-state index in [0.29, 0.717) is 0 Å². The monoisotopic (exact) mass is 133 g/mol. The standard InChI is InChI=1S/C6H19N3/c1-8(2,3)7-9(4,5)6/h7H,1-6H3/q+2. The molecule has 0 bridgehead atoms. The summed E-state index contributed by atoms with van der Waals surface area (Å²) in [5.74, 6) is 0. The third-order valence-corrected chi connectivity index (χ3v) is 0.600. The molecule has 0 aliphatic heterocycles. The van der Waals surface area contributed by atoms with Crippen LogP contribution in [0.5, 0.6) is 0 Å². The van der Waals surface area contributed by atoms with Crippen molar-refractivity contribution in [2.75, 3.05) is 42.3 Å². The second-order valence-electron chi connectivity index (χ2n) is 4.12. The Morgan fingerprint density at radius 3 is 0.889 bits per heavy atom. The number of nitrogens with one attached hydrogen (secondary N) is 1. The van der Waals surface area contributed by atoms with E-state index < -0.39 is 0 Å². The van der Waals surface area contributed by atoms with E-state index in [2.05, 4.69) is 47.8 Å². The molecule has 0 heterocycles. The molecule has 0 aliphatic rings.